The van der Waals surface area contributed by atoms with Crippen molar-refractivity contribution in [3.8, 4) is 0 Å². The average molecular weight is 505 g/mol. The summed E-state index contributed by atoms with van der Waals surface area (Å²) < 4.78 is 6.59. The molecule has 1 atom stereocenters. The van der Waals surface area contributed by atoms with Gasteiger partial charge in [0, 0.05) is 28.8 Å². The first kappa shape index (κ1) is 23.0. The molecule has 38 heavy (non-hydrogen) atoms. The molecule has 6 rings (SSSR count). The average Bonchev–Trinajstić information content (AvgIpc) is 3.44. The molecule has 0 saturated heterocycles. The van der Waals surface area contributed by atoms with Gasteiger partial charge in [-0.2, -0.15) is 0 Å². The van der Waals surface area contributed by atoms with Gasteiger partial charge in [0.1, 0.15) is 5.70 Å². The molecule has 2 heterocycles. The maximum Gasteiger partial charge on any atom is 0.308 e. The summed E-state index contributed by atoms with van der Waals surface area (Å²) in [6, 6.07) is 31.0. The standard InChI is InChI=1S/C29H20N4O5/c34-27(21-15-17-22(18-16-21)33(36)37)31-32-25(19-9-3-1-4-10-19)26(20-11-5-2-6-12-20)38-29(32)23-13-7-8-14-24(23)30-28(29)35/h1-18H,(H,30,35)(H,31,34). The molecule has 4 aromatic carbocycles. The van der Waals surface area contributed by atoms with E-state index in [1.807, 2.05) is 60.7 Å². The number of para-hydroxylation sites is 1. The van der Waals surface area contributed by atoms with Gasteiger partial charge in [0.15, 0.2) is 5.76 Å². The number of anilines is 1. The molecular weight excluding hydrogens is 484 g/mol. The first-order valence-electron chi connectivity index (χ1n) is 11.8. The fraction of sp³-hybridized carbons (Fsp3) is 0.0345. The van der Waals surface area contributed by atoms with Gasteiger partial charge < -0.3 is 10.1 Å². The van der Waals surface area contributed by atoms with E-state index in [0.717, 1.165) is 5.56 Å². The van der Waals surface area contributed by atoms with Crippen molar-refractivity contribution in [3.63, 3.8) is 0 Å². The molecule has 9 heteroatoms. The molecule has 1 unspecified atom stereocenters. The van der Waals surface area contributed by atoms with Crippen molar-refractivity contribution < 1.29 is 19.2 Å². The third-order valence-electron chi connectivity index (χ3n) is 6.49. The predicted molar refractivity (Wildman–Crippen MR) is 140 cm³/mol. The number of fused-ring (bicyclic) bond motifs is 2. The Morgan fingerprint density at radius 2 is 1.45 bits per heavy atom. The predicted octanol–water partition coefficient (Wildman–Crippen LogP) is 4.90. The fourth-order valence-electron chi connectivity index (χ4n) is 4.72. The smallest absolute Gasteiger partial charge is 0.308 e. The molecule has 0 saturated carbocycles. The van der Waals surface area contributed by atoms with Crippen molar-refractivity contribution in [3.05, 3.63) is 142 Å². The van der Waals surface area contributed by atoms with Gasteiger partial charge in [-0.25, -0.2) is 5.01 Å². The second-order valence-corrected chi connectivity index (χ2v) is 8.74. The van der Waals surface area contributed by atoms with Crippen LogP contribution in [0.5, 0.6) is 0 Å². The van der Waals surface area contributed by atoms with Crippen molar-refractivity contribution in [2.75, 3.05) is 5.32 Å². The molecule has 9 nitrogen and oxygen atoms in total. The number of rotatable bonds is 5. The Morgan fingerprint density at radius 1 is 0.842 bits per heavy atom. The molecule has 2 amide bonds. The van der Waals surface area contributed by atoms with Crippen LogP contribution >= 0.6 is 0 Å². The van der Waals surface area contributed by atoms with E-state index in [1.54, 1.807) is 24.3 Å². The van der Waals surface area contributed by atoms with Crippen LogP contribution < -0.4 is 10.7 Å². The van der Waals surface area contributed by atoms with Gasteiger partial charge in [0.25, 0.3) is 17.5 Å². The summed E-state index contributed by atoms with van der Waals surface area (Å²) in [5, 5.41) is 15.4. The number of ether oxygens (including phenoxy) is 1. The van der Waals surface area contributed by atoms with E-state index in [9.17, 15) is 19.7 Å². The molecular formula is C29H20N4O5. The molecule has 2 aliphatic heterocycles. The van der Waals surface area contributed by atoms with Gasteiger partial charge in [-0.15, -0.1) is 0 Å². The maximum atomic E-state index is 13.7. The highest BCUT2D eigenvalue weighted by molar-refractivity contribution is 6.09. The van der Waals surface area contributed by atoms with Gasteiger partial charge in [0.05, 0.1) is 16.2 Å². The van der Waals surface area contributed by atoms with Crippen LogP contribution in [0, 0.1) is 10.1 Å². The number of carbonyl (C=O) groups excluding carboxylic acids is 2. The van der Waals surface area contributed by atoms with Crippen molar-refractivity contribution in [1.82, 2.24) is 10.4 Å². The van der Waals surface area contributed by atoms with Gasteiger partial charge >= 0.3 is 5.72 Å². The maximum absolute atomic E-state index is 13.7. The number of non-ortho nitro benzene ring substituents is 1. The van der Waals surface area contributed by atoms with Crippen LogP contribution in [-0.4, -0.2) is 21.7 Å². The first-order chi connectivity index (χ1) is 18.5. The number of hydrogen-bond acceptors (Lipinski definition) is 6. The SMILES string of the molecule is O=C(NN1C(c2ccccc2)=C(c2ccccc2)OC12C(=O)Nc1ccccc12)c1ccc([N+](=O)[O-])cc1. The quantitative estimate of drug-likeness (QED) is 0.295. The molecule has 0 bridgehead atoms. The second kappa shape index (κ2) is 8.90. The Kier molecular flexibility index (Phi) is 5.38. The number of nitro groups is 1. The Morgan fingerprint density at radius 3 is 2.11 bits per heavy atom. The molecule has 186 valence electrons. The third kappa shape index (κ3) is 3.56. The molecule has 0 aliphatic carbocycles. The minimum Gasteiger partial charge on any atom is -0.450 e. The lowest BCUT2D eigenvalue weighted by Gasteiger charge is -2.34. The van der Waals surface area contributed by atoms with E-state index >= 15 is 0 Å². The van der Waals surface area contributed by atoms with Gasteiger partial charge in [-0.05, 0) is 18.2 Å². The Labute approximate surface area is 217 Å². The van der Waals surface area contributed by atoms with Crippen molar-refractivity contribution in [1.29, 1.82) is 0 Å². The fourth-order valence-corrected chi connectivity index (χ4v) is 4.72. The number of benzene rings is 4. The normalized spacial score (nSPS) is 17.7. The van der Waals surface area contributed by atoms with E-state index in [4.69, 9.17) is 4.74 Å². The van der Waals surface area contributed by atoms with Crippen LogP contribution in [0.3, 0.4) is 0 Å². The number of nitrogens with one attached hydrogen (secondary N) is 2. The minimum atomic E-state index is -1.73. The number of nitro benzene ring substituents is 1. The highest BCUT2D eigenvalue weighted by Crippen LogP contribution is 2.52. The van der Waals surface area contributed by atoms with E-state index < -0.39 is 22.5 Å². The topological polar surface area (TPSA) is 114 Å². The Hall–Kier alpha value is -5.44. The lowest BCUT2D eigenvalue weighted by atomic mass is 10.0. The zero-order valence-corrected chi connectivity index (χ0v) is 19.8. The van der Waals surface area contributed by atoms with Crippen LogP contribution in [0.2, 0.25) is 0 Å². The number of amides is 2. The van der Waals surface area contributed by atoms with Crippen LogP contribution in [0.4, 0.5) is 11.4 Å². The molecule has 2 aliphatic rings. The first-order valence-corrected chi connectivity index (χ1v) is 11.8. The van der Waals surface area contributed by atoms with Crippen LogP contribution in [0.25, 0.3) is 11.5 Å². The summed E-state index contributed by atoms with van der Waals surface area (Å²) >= 11 is 0. The number of hydrogen-bond donors (Lipinski definition) is 2. The van der Waals surface area contributed by atoms with Gasteiger partial charge in [0.2, 0.25) is 0 Å². The van der Waals surface area contributed by atoms with Crippen LogP contribution in [-0.2, 0) is 15.3 Å². The summed E-state index contributed by atoms with van der Waals surface area (Å²) in [6.45, 7) is 0. The van der Waals surface area contributed by atoms with Crippen molar-refractivity contribution >= 4 is 34.6 Å². The lowest BCUT2D eigenvalue weighted by Crippen LogP contribution is -2.55. The van der Waals surface area contributed by atoms with E-state index in [0.29, 0.717) is 28.3 Å². The van der Waals surface area contributed by atoms with Crippen molar-refractivity contribution in [2.45, 2.75) is 5.72 Å². The summed E-state index contributed by atoms with van der Waals surface area (Å²) in [5.74, 6) is -0.627. The highest BCUT2D eigenvalue weighted by atomic mass is 16.6. The number of hydrazine groups is 1. The van der Waals surface area contributed by atoms with E-state index in [1.165, 1.54) is 29.3 Å². The number of carbonyl (C=O) groups is 2. The summed E-state index contributed by atoms with van der Waals surface area (Å²) in [5.41, 5.74) is 4.20. The van der Waals surface area contributed by atoms with Gasteiger partial charge in [-0.3, -0.25) is 25.1 Å². The van der Waals surface area contributed by atoms with Crippen molar-refractivity contribution in [2.24, 2.45) is 0 Å². The zero-order valence-electron chi connectivity index (χ0n) is 19.8. The highest BCUT2D eigenvalue weighted by Gasteiger charge is 2.60. The minimum absolute atomic E-state index is 0.136. The molecule has 1 spiro atoms. The largest absolute Gasteiger partial charge is 0.450 e. The number of nitrogens with zero attached hydrogens (tertiary/aromatic N) is 2. The Bertz CT molecular complexity index is 1600. The molecule has 2 N–H and O–H groups in total. The van der Waals surface area contributed by atoms with Crippen LogP contribution in [0.1, 0.15) is 27.0 Å². The van der Waals surface area contributed by atoms with E-state index in [2.05, 4.69) is 10.7 Å². The molecule has 4 aromatic rings. The molecule has 0 fully saturated rings. The summed E-state index contributed by atoms with van der Waals surface area (Å²) in [7, 11) is 0. The molecule has 0 aromatic heterocycles. The van der Waals surface area contributed by atoms with Gasteiger partial charge in [-0.1, -0.05) is 78.9 Å². The lowest BCUT2D eigenvalue weighted by molar-refractivity contribution is -0.384. The Balaban J connectivity index is 1.54. The van der Waals surface area contributed by atoms with E-state index in [-0.39, 0.29) is 11.3 Å². The third-order valence-corrected chi connectivity index (χ3v) is 6.49. The summed E-state index contributed by atoms with van der Waals surface area (Å²) in [4.78, 5) is 37.8. The molecule has 0 radical (unpaired) electrons. The zero-order chi connectivity index (χ0) is 26.3. The second-order valence-electron chi connectivity index (χ2n) is 8.74. The summed E-state index contributed by atoms with van der Waals surface area (Å²) in [6.07, 6.45) is 0. The monoisotopic (exact) mass is 504 g/mol. The van der Waals surface area contributed by atoms with Crippen LogP contribution in [0.15, 0.2) is 109 Å².